The van der Waals surface area contributed by atoms with E-state index in [-0.39, 0.29) is 12.5 Å². The summed E-state index contributed by atoms with van der Waals surface area (Å²) in [4.78, 5) is 37.3. The number of imide groups is 1. The SMILES string of the molecule is COc1cccc(N2C(=O)N(Cc3ccccc3F)C3(CCN(Cc4ccc(-c5ccc(N)nc5)cc4)CC3)C2=O)c1. The number of methoxy groups -OCH3 is 1. The molecule has 8 nitrogen and oxygen atoms in total. The predicted octanol–water partition coefficient (Wildman–Crippen LogP) is 5.48. The molecule has 0 aliphatic carbocycles. The lowest BCUT2D eigenvalue weighted by Crippen LogP contribution is -2.56. The summed E-state index contributed by atoms with van der Waals surface area (Å²) in [5.74, 6) is 0.351. The monoisotopic (exact) mass is 565 g/mol. The van der Waals surface area contributed by atoms with E-state index < -0.39 is 17.4 Å². The summed E-state index contributed by atoms with van der Waals surface area (Å²) in [5.41, 5.74) is 8.67. The third-order valence-electron chi connectivity index (χ3n) is 8.30. The highest BCUT2D eigenvalue weighted by Crippen LogP contribution is 2.41. The minimum absolute atomic E-state index is 0.0131. The largest absolute Gasteiger partial charge is 0.497 e. The van der Waals surface area contributed by atoms with Crippen LogP contribution in [0.1, 0.15) is 24.0 Å². The van der Waals surface area contributed by atoms with E-state index in [0.29, 0.717) is 55.3 Å². The van der Waals surface area contributed by atoms with Crippen molar-refractivity contribution in [3.63, 3.8) is 0 Å². The zero-order valence-corrected chi connectivity index (χ0v) is 23.4. The van der Waals surface area contributed by atoms with Crippen LogP contribution >= 0.6 is 0 Å². The van der Waals surface area contributed by atoms with Crippen molar-refractivity contribution in [2.45, 2.75) is 31.5 Å². The molecule has 2 N–H and O–H groups in total. The van der Waals surface area contributed by atoms with E-state index in [1.165, 1.54) is 18.1 Å². The standard InChI is InChI=1S/C33H32FN5O3/c1-42-28-7-4-6-27(19-28)39-31(40)33(38(32(39)41)22-26-5-2-3-8-29(26)34)15-17-37(18-16-33)21-23-9-11-24(12-10-23)25-13-14-30(35)36-20-25/h2-14,19-20H,15-18,21-22H2,1H3,(H2,35,36). The number of anilines is 2. The third-order valence-corrected chi connectivity index (χ3v) is 8.30. The van der Waals surface area contributed by atoms with Crippen molar-refractivity contribution < 1.29 is 18.7 Å². The molecule has 1 aromatic heterocycles. The number of likely N-dealkylation sites (tertiary alicyclic amines) is 1. The second-order valence-corrected chi connectivity index (χ2v) is 10.8. The second-order valence-electron chi connectivity index (χ2n) is 10.8. The van der Waals surface area contributed by atoms with Crippen molar-refractivity contribution in [1.82, 2.24) is 14.8 Å². The number of rotatable bonds is 7. The lowest BCUT2D eigenvalue weighted by Gasteiger charge is -2.42. The minimum atomic E-state index is -1.06. The molecule has 214 valence electrons. The lowest BCUT2D eigenvalue weighted by atomic mass is 9.85. The molecule has 42 heavy (non-hydrogen) atoms. The summed E-state index contributed by atoms with van der Waals surface area (Å²) in [7, 11) is 1.54. The number of nitrogens with zero attached hydrogens (tertiary/aromatic N) is 4. The predicted molar refractivity (Wildman–Crippen MR) is 159 cm³/mol. The fourth-order valence-electron chi connectivity index (χ4n) is 5.91. The van der Waals surface area contributed by atoms with Crippen LogP contribution in [0, 0.1) is 5.82 Å². The van der Waals surface area contributed by atoms with Gasteiger partial charge in [-0.25, -0.2) is 19.1 Å². The van der Waals surface area contributed by atoms with Crippen LogP contribution in [0.3, 0.4) is 0 Å². The first kappa shape index (κ1) is 27.4. The molecule has 2 saturated heterocycles. The number of nitrogens with two attached hydrogens (primary N) is 1. The number of nitrogen functional groups attached to an aromatic ring is 1. The number of ether oxygens (including phenoxy) is 1. The van der Waals surface area contributed by atoms with Crippen LogP contribution in [0.5, 0.6) is 5.75 Å². The Hall–Kier alpha value is -4.76. The molecule has 4 aromatic rings. The molecule has 0 radical (unpaired) electrons. The minimum Gasteiger partial charge on any atom is -0.497 e. The van der Waals surface area contributed by atoms with E-state index >= 15 is 0 Å². The van der Waals surface area contributed by atoms with Gasteiger partial charge in [0.25, 0.3) is 5.91 Å². The molecule has 0 atom stereocenters. The van der Waals surface area contributed by atoms with Crippen LogP contribution in [0.4, 0.5) is 20.7 Å². The van der Waals surface area contributed by atoms with Crippen molar-refractivity contribution in [3.05, 3.63) is 108 Å². The van der Waals surface area contributed by atoms with E-state index in [4.69, 9.17) is 10.5 Å². The van der Waals surface area contributed by atoms with Crippen molar-refractivity contribution in [3.8, 4) is 16.9 Å². The van der Waals surface area contributed by atoms with Gasteiger partial charge in [-0.1, -0.05) is 48.5 Å². The topological polar surface area (TPSA) is 92.0 Å². The molecule has 2 fully saturated rings. The average molecular weight is 566 g/mol. The molecule has 3 amide bonds. The van der Waals surface area contributed by atoms with Gasteiger partial charge in [0.15, 0.2) is 0 Å². The van der Waals surface area contributed by atoms with Crippen LogP contribution in [-0.4, -0.2) is 52.5 Å². The van der Waals surface area contributed by atoms with Crippen molar-refractivity contribution >= 4 is 23.4 Å². The normalized spacial score (nSPS) is 16.8. The Balaban J connectivity index is 1.22. The van der Waals surface area contributed by atoms with E-state index in [9.17, 15) is 14.0 Å². The number of hydrogen-bond donors (Lipinski definition) is 1. The number of benzene rings is 3. The maximum Gasteiger partial charge on any atom is 0.332 e. The molecule has 0 saturated carbocycles. The molecular weight excluding hydrogens is 533 g/mol. The number of piperidine rings is 1. The van der Waals surface area contributed by atoms with Gasteiger partial charge in [-0.3, -0.25) is 9.69 Å². The Labute approximate surface area is 244 Å². The number of pyridine rings is 1. The van der Waals surface area contributed by atoms with Gasteiger partial charge >= 0.3 is 6.03 Å². The fraction of sp³-hybridized carbons (Fsp3) is 0.242. The number of amides is 3. The van der Waals surface area contributed by atoms with Gasteiger partial charge in [-0.05, 0) is 54.3 Å². The highest BCUT2D eigenvalue weighted by atomic mass is 19.1. The van der Waals surface area contributed by atoms with Gasteiger partial charge in [0, 0.05) is 43.0 Å². The highest BCUT2D eigenvalue weighted by Gasteiger charge is 2.58. The number of hydrogen-bond acceptors (Lipinski definition) is 6. The molecule has 3 heterocycles. The summed E-state index contributed by atoms with van der Waals surface area (Å²) in [6.45, 7) is 1.95. The first-order valence-corrected chi connectivity index (χ1v) is 13.9. The molecular formula is C33H32FN5O3. The van der Waals surface area contributed by atoms with Crippen LogP contribution < -0.4 is 15.4 Å². The van der Waals surface area contributed by atoms with Gasteiger partial charge in [-0.15, -0.1) is 0 Å². The zero-order valence-electron chi connectivity index (χ0n) is 23.4. The summed E-state index contributed by atoms with van der Waals surface area (Å²) >= 11 is 0. The fourth-order valence-corrected chi connectivity index (χ4v) is 5.91. The van der Waals surface area contributed by atoms with Crippen molar-refractivity contribution in [2.75, 3.05) is 30.8 Å². The molecule has 2 aliphatic rings. The first-order valence-electron chi connectivity index (χ1n) is 13.9. The molecule has 0 unspecified atom stereocenters. The molecule has 6 rings (SSSR count). The van der Waals surface area contributed by atoms with Crippen molar-refractivity contribution in [1.29, 1.82) is 0 Å². The maximum atomic E-state index is 14.7. The van der Waals surface area contributed by atoms with Gasteiger partial charge in [0.2, 0.25) is 0 Å². The summed E-state index contributed by atoms with van der Waals surface area (Å²) < 4.78 is 20.1. The van der Waals surface area contributed by atoms with E-state index in [1.807, 2.05) is 6.07 Å². The molecule has 9 heteroatoms. The van der Waals surface area contributed by atoms with Crippen LogP contribution in [0.15, 0.2) is 91.1 Å². The second kappa shape index (κ2) is 11.3. The van der Waals surface area contributed by atoms with Crippen LogP contribution in [0.25, 0.3) is 11.1 Å². The Morgan fingerprint density at radius 2 is 1.64 bits per heavy atom. The van der Waals surface area contributed by atoms with E-state index in [1.54, 1.807) is 59.6 Å². The molecule has 2 aliphatic heterocycles. The zero-order chi connectivity index (χ0) is 29.3. The van der Waals surface area contributed by atoms with Gasteiger partial charge in [-0.2, -0.15) is 0 Å². The van der Waals surface area contributed by atoms with Crippen LogP contribution in [0.2, 0.25) is 0 Å². The molecule has 3 aromatic carbocycles. The summed E-state index contributed by atoms with van der Waals surface area (Å²) in [6, 6.07) is 24.9. The van der Waals surface area contributed by atoms with Gasteiger partial charge in [0.1, 0.15) is 22.9 Å². The van der Waals surface area contributed by atoms with E-state index in [2.05, 4.69) is 34.1 Å². The Morgan fingerprint density at radius 3 is 2.33 bits per heavy atom. The number of halogens is 1. The lowest BCUT2D eigenvalue weighted by molar-refractivity contribution is -0.127. The highest BCUT2D eigenvalue weighted by molar-refractivity contribution is 6.23. The summed E-state index contributed by atoms with van der Waals surface area (Å²) in [6.07, 6.45) is 2.65. The van der Waals surface area contributed by atoms with Crippen molar-refractivity contribution in [2.24, 2.45) is 0 Å². The average Bonchev–Trinajstić information content (AvgIpc) is 3.21. The number of carbonyl (C=O) groups is 2. The Morgan fingerprint density at radius 1 is 0.905 bits per heavy atom. The smallest absolute Gasteiger partial charge is 0.332 e. The number of carbonyl (C=O) groups excluding carboxylic acids is 2. The quantitative estimate of drug-likeness (QED) is 0.298. The number of aromatic nitrogens is 1. The number of urea groups is 1. The third kappa shape index (κ3) is 5.07. The maximum absolute atomic E-state index is 14.7. The molecule has 1 spiro atoms. The van der Waals surface area contributed by atoms with Crippen LogP contribution in [-0.2, 0) is 17.9 Å². The van der Waals surface area contributed by atoms with Gasteiger partial charge in [0.05, 0.1) is 19.3 Å². The summed E-state index contributed by atoms with van der Waals surface area (Å²) in [5, 5.41) is 0. The Kier molecular flexibility index (Phi) is 7.34. The molecule has 0 bridgehead atoms. The van der Waals surface area contributed by atoms with Gasteiger partial charge < -0.3 is 15.4 Å². The Bertz CT molecular complexity index is 1600. The van der Waals surface area contributed by atoms with E-state index in [0.717, 1.165) is 16.7 Å². The first-order chi connectivity index (χ1) is 20.4.